The Morgan fingerprint density at radius 2 is 1.68 bits per heavy atom. The van der Waals surface area contributed by atoms with E-state index in [1.165, 1.54) is 0 Å². The van der Waals surface area contributed by atoms with Crippen LogP contribution in [0.5, 0.6) is 0 Å². The van der Waals surface area contributed by atoms with Crippen molar-refractivity contribution < 1.29 is 9.59 Å². The van der Waals surface area contributed by atoms with E-state index in [0.717, 1.165) is 29.5 Å². The fourth-order valence-electron chi connectivity index (χ4n) is 2.50. The van der Waals surface area contributed by atoms with Gasteiger partial charge in [0.15, 0.2) is 0 Å². The summed E-state index contributed by atoms with van der Waals surface area (Å²) in [5.41, 5.74) is 3.78. The summed E-state index contributed by atoms with van der Waals surface area (Å²) in [5.74, 6) is -0.0562. The number of carbonyl (C=O) groups excluding carboxylic acids is 2. The molecule has 2 N–H and O–H groups in total. The molecule has 2 aromatic rings. The molecule has 0 aliphatic heterocycles. The molecule has 2 rings (SSSR count). The van der Waals surface area contributed by atoms with E-state index >= 15 is 0 Å². The topological polar surface area (TPSA) is 58.2 Å². The van der Waals surface area contributed by atoms with Crippen LogP contribution in [0.4, 0.5) is 0 Å². The predicted octanol–water partition coefficient (Wildman–Crippen LogP) is 3.38. The zero-order valence-corrected chi connectivity index (χ0v) is 15.0. The maximum Gasteiger partial charge on any atom is 0.251 e. The highest BCUT2D eigenvalue weighted by Gasteiger charge is 2.07. The van der Waals surface area contributed by atoms with E-state index in [0.29, 0.717) is 25.1 Å². The Labute approximate surface area is 149 Å². The number of amides is 2. The third-order valence-corrected chi connectivity index (χ3v) is 4.13. The van der Waals surface area contributed by atoms with Gasteiger partial charge in [0, 0.05) is 18.7 Å². The lowest BCUT2D eigenvalue weighted by Gasteiger charge is -2.08. The van der Waals surface area contributed by atoms with Gasteiger partial charge in [0.1, 0.15) is 0 Å². The first-order chi connectivity index (χ1) is 12.1. The predicted molar refractivity (Wildman–Crippen MR) is 100 cm³/mol. The number of nitrogens with one attached hydrogen (secondary N) is 2. The molecular weight excluding hydrogens is 312 g/mol. The first-order valence-corrected chi connectivity index (χ1v) is 8.78. The first kappa shape index (κ1) is 18.7. The van der Waals surface area contributed by atoms with Crippen molar-refractivity contribution in [3.8, 4) is 0 Å². The number of benzene rings is 2. The summed E-state index contributed by atoms with van der Waals surface area (Å²) in [4.78, 5) is 24.0. The van der Waals surface area contributed by atoms with Gasteiger partial charge in [-0.3, -0.25) is 9.59 Å². The molecule has 0 fully saturated rings. The molecule has 0 radical (unpaired) electrons. The van der Waals surface area contributed by atoms with Gasteiger partial charge in [-0.25, -0.2) is 0 Å². The fraction of sp³-hybridized carbons (Fsp3) is 0.333. The van der Waals surface area contributed by atoms with Gasteiger partial charge in [-0.1, -0.05) is 49.7 Å². The molecule has 0 unspecified atom stereocenters. The maximum absolute atomic E-state index is 12.1. The number of aryl methyl sites for hydroxylation is 1. The highest BCUT2D eigenvalue weighted by Crippen LogP contribution is 2.08. The van der Waals surface area contributed by atoms with Gasteiger partial charge in [0.25, 0.3) is 5.91 Å². The van der Waals surface area contributed by atoms with Crippen molar-refractivity contribution in [1.82, 2.24) is 10.6 Å². The molecule has 0 saturated carbocycles. The van der Waals surface area contributed by atoms with E-state index in [-0.39, 0.29) is 11.8 Å². The standard InChI is InChI=1S/C21H26N2O2/c1-3-4-13-22-21(25)18-11-9-17(10-12-18)15-23-20(24)14-19-8-6-5-7-16(19)2/h5-12H,3-4,13-15H2,1-2H3,(H,22,25)(H,23,24). The van der Waals surface area contributed by atoms with Gasteiger partial charge in [0.05, 0.1) is 6.42 Å². The van der Waals surface area contributed by atoms with E-state index in [4.69, 9.17) is 0 Å². The molecular formula is C21H26N2O2. The molecule has 0 bridgehead atoms. The second-order valence-corrected chi connectivity index (χ2v) is 6.19. The zero-order valence-electron chi connectivity index (χ0n) is 15.0. The number of rotatable bonds is 8. The molecule has 4 nitrogen and oxygen atoms in total. The Morgan fingerprint density at radius 1 is 0.960 bits per heavy atom. The lowest BCUT2D eigenvalue weighted by atomic mass is 10.1. The second kappa shape index (κ2) is 9.62. The quantitative estimate of drug-likeness (QED) is 0.725. The first-order valence-electron chi connectivity index (χ1n) is 8.78. The third-order valence-electron chi connectivity index (χ3n) is 4.13. The summed E-state index contributed by atoms with van der Waals surface area (Å²) in [7, 11) is 0. The Kier molecular flexibility index (Phi) is 7.20. The van der Waals surface area contributed by atoms with Gasteiger partial charge >= 0.3 is 0 Å². The Balaban J connectivity index is 1.82. The van der Waals surface area contributed by atoms with Crippen LogP contribution in [-0.4, -0.2) is 18.4 Å². The molecule has 0 aliphatic carbocycles. The zero-order chi connectivity index (χ0) is 18.1. The van der Waals surface area contributed by atoms with E-state index in [1.807, 2.05) is 43.3 Å². The minimum Gasteiger partial charge on any atom is -0.352 e. The average Bonchev–Trinajstić information content (AvgIpc) is 2.62. The van der Waals surface area contributed by atoms with Crippen LogP contribution in [0.25, 0.3) is 0 Å². The molecule has 0 aliphatic rings. The molecule has 132 valence electrons. The van der Waals surface area contributed by atoms with E-state index in [9.17, 15) is 9.59 Å². The lowest BCUT2D eigenvalue weighted by Crippen LogP contribution is -2.25. The molecule has 0 heterocycles. The van der Waals surface area contributed by atoms with Crippen LogP contribution in [0.2, 0.25) is 0 Å². The van der Waals surface area contributed by atoms with Crippen LogP contribution in [-0.2, 0) is 17.8 Å². The SMILES string of the molecule is CCCCNC(=O)c1ccc(CNC(=O)Cc2ccccc2C)cc1. The van der Waals surface area contributed by atoms with Crippen molar-refractivity contribution in [2.45, 2.75) is 39.7 Å². The lowest BCUT2D eigenvalue weighted by molar-refractivity contribution is -0.120. The highest BCUT2D eigenvalue weighted by molar-refractivity contribution is 5.94. The van der Waals surface area contributed by atoms with E-state index in [1.54, 1.807) is 12.1 Å². The van der Waals surface area contributed by atoms with Crippen molar-refractivity contribution >= 4 is 11.8 Å². The molecule has 0 aromatic heterocycles. The molecule has 2 aromatic carbocycles. The summed E-state index contributed by atoms with van der Waals surface area (Å²) in [5, 5.41) is 5.82. The van der Waals surface area contributed by atoms with E-state index in [2.05, 4.69) is 17.6 Å². The van der Waals surface area contributed by atoms with Crippen molar-refractivity contribution in [2.75, 3.05) is 6.54 Å². The summed E-state index contributed by atoms with van der Waals surface area (Å²) in [6, 6.07) is 15.2. The number of hydrogen-bond acceptors (Lipinski definition) is 2. The van der Waals surface area contributed by atoms with Crippen LogP contribution in [0.1, 0.15) is 46.8 Å². The van der Waals surface area contributed by atoms with Gasteiger partial charge in [-0.2, -0.15) is 0 Å². The molecule has 0 atom stereocenters. The average molecular weight is 338 g/mol. The van der Waals surface area contributed by atoms with Gasteiger partial charge in [-0.15, -0.1) is 0 Å². The van der Waals surface area contributed by atoms with E-state index < -0.39 is 0 Å². The van der Waals surface area contributed by atoms with Crippen LogP contribution in [0, 0.1) is 6.92 Å². The minimum atomic E-state index is -0.0522. The Morgan fingerprint density at radius 3 is 2.36 bits per heavy atom. The van der Waals surface area contributed by atoms with Crippen LogP contribution < -0.4 is 10.6 Å². The Hall–Kier alpha value is -2.62. The largest absolute Gasteiger partial charge is 0.352 e. The van der Waals surface area contributed by atoms with Crippen molar-refractivity contribution in [3.63, 3.8) is 0 Å². The van der Waals surface area contributed by atoms with Crippen LogP contribution in [0.3, 0.4) is 0 Å². The summed E-state index contributed by atoms with van der Waals surface area (Å²) in [6.07, 6.45) is 2.42. The number of hydrogen-bond donors (Lipinski definition) is 2. The molecule has 0 spiro atoms. The van der Waals surface area contributed by atoms with Crippen LogP contribution >= 0.6 is 0 Å². The van der Waals surface area contributed by atoms with Crippen molar-refractivity contribution in [2.24, 2.45) is 0 Å². The molecule has 0 saturated heterocycles. The molecule has 2 amide bonds. The van der Waals surface area contributed by atoms with Crippen molar-refractivity contribution in [3.05, 3.63) is 70.8 Å². The van der Waals surface area contributed by atoms with Crippen LogP contribution in [0.15, 0.2) is 48.5 Å². The molecule has 25 heavy (non-hydrogen) atoms. The van der Waals surface area contributed by atoms with Gasteiger partial charge in [0.2, 0.25) is 5.91 Å². The maximum atomic E-state index is 12.1. The summed E-state index contributed by atoms with van der Waals surface area (Å²) in [6.45, 7) is 5.26. The van der Waals surface area contributed by atoms with Gasteiger partial charge < -0.3 is 10.6 Å². The highest BCUT2D eigenvalue weighted by atomic mass is 16.2. The normalized spacial score (nSPS) is 10.3. The summed E-state index contributed by atoms with van der Waals surface area (Å²) < 4.78 is 0. The smallest absolute Gasteiger partial charge is 0.251 e. The monoisotopic (exact) mass is 338 g/mol. The second-order valence-electron chi connectivity index (χ2n) is 6.19. The number of carbonyl (C=O) groups is 2. The summed E-state index contributed by atoms with van der Waals surface area (Å²) >= 11 is 0. The van der Waals surface area contributed by atoms with Crippen molar-refractivity contribution in [1.29, 1.82) is 0 Å². The number of unbranched alkanes of at least 4 members (excludes halogenated alkanes) is 1. The molecule has 4 heteroatoms. The third kappa shape index (κ3) is 6.07. The van der Waals surface area contributed by atoms with Gasteiger partial charge in [-0.05, 0) is 42.2 Å². The fourth-order valence-corrected chi connectivity index (χ4v) is 2.50. The minimum absolute atomic E-state index is 0.00400. The Bertz CT molecular complexity index is 708.